The highest BCUT2D eigenvalue weighted by atomic mass is 16.6. The number of nitrogens with zero attached hydrogens (tertiary/aromatic N) is 1. The van der Waals surface area contributed by atoms with E-state index in [2.05, 4.69) is 0 Å². The third kappa shape index (κ3) is 3.01. The molecule has 0 radical (unpaired) electrons. The summed E-state index contributed by atoms with van der Waals surface area (Å²) in [7, 11) is 3.68. The number of hydrogen-bond acceptors (Lipinski definition) is 4. The molecule has 0 N–H and O–H groups in total. The highest BCUT2D eigenvalue weighted by Crippen LogP contribution is 2.48. The van der Waals surface area contributed by atoms with Crippen LogP contribution in [0.5, 0.6) is 0 Å². The third-order valence-electron chi connectivity index (χ3n) is 4.69. The smallest absolute Gasteiger partial charge is 0.343 e. The second-order valence-electron chi connectivity index (χ2n) is 6.70. The van der Waals surface area contributed by atoms with Crippen LogP contribution in [-0.4, -0.2) is 36.3 Å². The molecule has 1 aliphatic carbocycles. The third-order valence-corrected chi connectivity index (χ3v) is 4.69. The first-order valence-corrected chi connectivity index (χ1v) is 8.46. The summed E-state index contributed by atoms with van der Waals surface area (Å²) in [6, 6.07) is 9.70. The molecule has 0 amide bonds. The molecule has 4 heteroatoms. The number of ether oxygens (including phenoxy) is 1. The van der Waals surface area contributed by atoms with Crippen molar-refractivity contribution in [2.45, 2.75) is 37.7 Å². The quantitative estimate of drug-likeness (QED) is 0.484. The van der Waals surface area contributed by atoms with E-state index in [-0.39, 0.29) is 11.4 Å². The van der Waals surface area contributed by atoms with Crippen molar-refractivity contribution in [2.75, 3.05) is 14.1 Å². The zero-order chi connectivity index (χ0) is 17.2. The van der Waals surface area contributed by atoms with Gasteiger partial charge in [0.05, 0.1) is 0 Å². The summed E-state index contributed by atoms with van der Waals surface area (Å²) in [6.45, 7) is 0. The normalized spacial score (nSPS) is 19.8. The van der Waals surface area contributed by atoms with Gasteiger partial charge in [-0.05, 0) is 31.2 Å². The summed E-state index contributed by atoms with van der Waals surface area (Å²) >= 11 is 0. The zero-order valence-corrected chi connectivity index (χ0v) is 14.2. The average Bonchev–Trinajstić information content (AvgIpc) is 2.85. The molecule has 1 heterocycles. The van der Waals surface area contributed by atoms with Crippen molar-refractivity contribution in [3.05, 3.63) is 53.7 Å². The van der Waals surface area contributed by atoms with E-state index in [1.807, 2.05) is 44.4 Å². The van der Waals surface area contributed by atoms with Crippen molar-refractivity contribution < 1.29 is 14.3 Å². The minimum absolute atomic E-state index is 0.196. The van der Waals surface area contributed by atoms with Gasteiger partial charge in [-0.2, -0.15) is 0 Å². The Morgan fingerprint density at radius 2 is 1.79 bits per heavy atom. The lowest BCUT2D eigenvalue weighted by molar-refractivity contribution is -0.148. The zero-order valence-electron chi connectivity index (χ0n) is 14.2. The van der Waals surface area contributed by atoms with Crippen molar-refractivity contribution in [3.8, 4) is 0 Å². The summed E-state index contributed by atoms with van der Waals surface area (Å²) in [5.74, 6) is -0.765. The topological polar surface area (TPSA) is 46.6 Å². The number of benzene rings is 1. The van der Waals surface area contributed by atoms with Crippen LogP contribution in [0.3, 0.4) is 0 Å². The summed E-state index contributed by atoms with van der Waals surface area (Å²) in [4.78, 5) is 27.0. The van der Waals surface area contributed by atoms with Gasteiger partial charge in [-0.3, -0.25) is 4.79 Å². The van der Waals surface area contributed by atoms with Gasteiger partial charge in [0.15, 0.2) is 5.78 Å². The molecule has 1 aromatic rings. The number of carbonyl (C=O) groups excluding carboxylic acids is 2. The lowest BCUT2D eigenvalue weighted by Crippen LogP contribution is -2.33. The Hall–Kier alpha value is -2.36. The van der Waals surface area contributed by atoms with Gasteiger partial charge in [-0.1, -0.05) is 36.8 Å². The van der Waals surface area contributed by atoms with Crippen LogP contribution < -0.4 is 0 Å². The number of rotatable bonds is 4. The Bertz CT molecular complexity index is 695. The first-order chi connectivity index (χ1) is 11.5. The molecule has 1 spiro atoms. The van der Waals surface area contributed by atoms with Crippen molar-refractivity contribution in [1.82, 2.24) is 4.90 Å². The Balaban J connectivity index is 2.12. The van der Waals surface area contributed by atoms with E-state index in [4.69, 9.17) is 4.74 Å². The van der Waals surface area contributed by atoms with E-state index in [1.165, 1.54) is 6.08 Å². The van der Waals surface area contributed by atoms with Crippen molar-refractivity contribution >= 4 is 17.3 Å². The molecule has 1 aliphatic heterocycles. The van der Waals surface area contributed by atoms with Gasteiger partial charge in [-0.15, -0.1) is 0 Å². The van der Waals surface area contributed by atoms with Gasteiger partial charge >= 0.3 is 5.97 Å². The maximum atomic E-state index is 12.7. The standard InChI is InChI=1S/C20H23NO3/c1-21(2)14-11-16(22)17-18(15-9-5-3-6-10-15)20(24-19(17)23)12-7-4-8-13-20/h3,5-6,9-11,14H,4,7-8,12-13H2,1-2H3/b14-11+. The predicted octanol–water partition coefficient (Wildman–Crippen LogP) is 3.34. The number of allylic oxidation sites excluding steroid dienone is 1. The Labute approximate surface area is 142 Å². The summed E-state index contributed by atoms with van der Waals surface area (Å²) < 4.78 is 5.82. The van der Waals surface area contributed by atoms with Crippen LogP contribution in [0.15, 0.2) is 48.2 Å². The highest BCUT2D eigenvalue weighted by Gasteiger charge is 2.49. The molecule has 1 fully saturated rings. The fourth-order valence-electron chi connectivity index (χ4n) is 3.62. The van der Waals surface area contributed by atoms with Gasteiger partial charge in [0, 0.05) is 31.9 Å². The maximum Gasteiger partial charge on any atom is 0.343 e. The molecule has 3 rings (SSSR count). The molecule has 2 aliphatic rings. The van der Waals surface area contributed by atoms with Crippen LogP contribution in [-0.2, 0) is 14.3 Å². The average molecular weight is 325 g/mol. The molecule has 1 saturated carbocycles. The van der Waals surface area contributed by atoms with E-state index in [0.717, 1.165) is 43.2 Å². The first-order valence-electron chi connectivity index (χ1n) is 8.46. The molecule has 0 atom stereocenters. The molecular weight excluding hydrogens is 302 g/mol. The molecular formula is C20H23NO3. The minimum Gasteiger partial charge on any atom is -0.450 e. The molecule has 0 bridgehead atoms. The molecule has 0 aromatic heterocycles. The Kier molecular flexibility index (Phi) is 4.56. The Morgan fingerprint density at radius 1 is 1.12 bits per heavy atom. The monoisotopic (exact) mass is 325 g/mol. The summed E-state index contributed by atoms with van der Waals surface area (Å²) in [5, 5.41) is 0. The van der Waals surface area contributed by atoms with Gasteiger partial charge in [0.1, 0.15) is 11.2 Å². The lowest BCUT2D eigenvalue weighted by atomic mass is 9.76. The molecule has 0 unspecified atom stereocenters. The van der Waals surface area contributed by atoms with Crippen LogP contribution in [0.25, 0.3) is 5.57 Å². The van der Waals surface area contributed by atoms with Crippen LogP contribution >= 0.6 is 0 Å². The fourth-order valence-corrected chi connectivity index (χ4v) is 3.62. The molecule has 1 aromatic carbocycles. The van der Waals surface area contributed by atoms with Gasteiger partial charge in [-0.25, -0.2) is 4.79 Å². The van der Waals surface area contributed by atoms with E-state index in [0.29, 0.717) is 0 Å². The van der Waals surface area contributed by atoms with E-state index in [9.17, 15) is 9.59 Å². The van der Waals surface area contributed by atoms with Gasteiger partial charge < -0.3 is 9.64 Å². The molecule has 4 nitrogen and oxygen atoms in total. The van der Waals surface area contributed by atoms with E-state index >= 15 is 0 Å². The number of ketones is 1. The van der Waals surface area contributed by atoms with E-state index in [1.54, 1.807) is 11.1 Å². The van der Waals surface area contributed by atoms with Crippen molar-refractivity contribution in [1.29, 1.82) is 0 Å². The van der Waals surface area contributed by atoms with Gasteiger partial charge in [0.25, 0.3) is 0 Å². The SMILES string of the molecule is CN(C)/C=C/C(=O)C1=C(c2ccccc2)C2(CCCCC2)OC1=O. The Morgan fingerprint density at radius 3 is 2.42 bits per heavy atom. The highest BCUT2D eigenvalue weighted by molar-refractivity contribution is 6.29. The minimum atomic E-state index is -0.631. The number of hydrogen-bond donors (Lipinski definition) is 0. The van der Waals surface area contributed by atoms with Crippen LogP contribution in [0.1, 0.15) is 37.7 Å². The second kappa shape index (κ2) is 6.63. The van der Waals surface area contributed by atoms with E-state index < -0.39 is 11.6 Å². The first kappa shape index (κ1) is 16.5. The fraction of sp³-hybridized carbons (Fsp3) is 0.400. The molecule has 0 saturated heterocycles. The maximum absolute atomic E-state index is 12.7. The van der Waals surface area contributed by atoms with Crippen molar-refractivity contribution in [2.24, 2.45) is 0 Å². The summed E-state index contributed by atoms with van der Waals surface area (Å²) in [6.07, 6.45) is 7.86. The van der Waals surface area contributed by atoms with Gasteiger partial charge in [0.2, 0.25) is 0 Å². The largest absolute Gasteiger partial charge is 0.450 e. The lowest BCUT2D eigenvalue weighted by Gasteiger charge is -2.34. The molecule has 126 valence electrons. The number of esters is 1. The van der Waals surface area contributed by atoms with Crippen LogP contribution in [0.2, 0.25) is 0 Å². The van der Waals surface area contributed by atoms with Crippen LogP contribution in [0.4, 0.5) is 0 Å². The molecule has 24 heavy (non-hydrogen) atoms. The summed E-state index contributed by atoms with van der Waals surface area (Å²) in [5.41, 5.74) is 1.25. The predicted molar refractivity (Wildman–Crippen MR) is 93.1 cm³/mol. The van der Waals surface area contributed by atoms with Crippen molar-refractivity contribution in [3.63, 3.8) is 0 Å². The van der Waals surface area contributed by atoms with Crippen LogP contribution in [0, 0.1) is 0 Å². The number of carbonyl (C=O) groups is 2. The second-order valence-corrected chi connectivity index (χ2v) is 6.70.